The molecule has 0 heterocycles. The minimum absolute atomic E-state index is 0.213. The summed E-state index contributed by atoms with van der Waals surface area (Å²) in [5.74, 6) is 0.741. The molecule has 0 bridgehead atoms. The third-order valence-electron chi connectivity index (χ3n) is 2.26. The van der Waals surface area contributed by atoms with E-state index in [4.69, 9.17) is 4.74 Å². The molecule has 3 nitrogen and oxygen atoms in total. The molecule has 0 aliphatic carbocycles. The van der Waals surface area contributed by atoms with E-state index in [1.165, 1.54) is 0 Å². The number of hydrogen-bond donors (Lipinski definition) is 2. The summed E-state index contributed by atoms with van der Waals surface area (Å²) >= 11 is 0. The van der Waals surface area contributed by atoms with Gasteiger partial charge in [0.25, 0.3) is 0 Å². The van der Waals surface area contributed by atoms with E-state index in [0.717, 1.165) is 31.5 Å². The molecule has 0 saturated carbocycles. The molecule has 1 rings (SSSR count). The highest BCUT2D eigenvalue weighted by Gasteiger charge is 2.01. The summed E-state index contributed by atoms with van der Waals surface area (Å²) in [5, 5.41) is 12.9. The van der Waals surface area contributed by atoms with Crippen molar-refractivity contribution in [1.29, 1.82) is 0 Å². The summed E-state index contributed by atoms with van der Waals surface area (Å²) in [7, 11) is 1.55. The number of phenolic OH excluding ortho intramolecular Hbond substituents is 1. The van der Waals surface area contributed by atoms with Crippen LogP contribution >= 0.6 is 0 Å². The molecule has 0 amide bonds. The molecule has 0 saturated heterocycles. The van der Waals surface area contributed by atoms with Crippen LogP contribution in [0.15, 0.2) is 18.2 Å². The molecular formula is C12H19NO2. The number of ether oxygens (including phenoxy) is 1. The highest BCUT2D eigenvalue weighted by molar-refractivity contribution is 5.41. The zero-order valence-corrected chi connectivity index (χ0v) is 9.42. The highest BCUT2D eigenvalue weighted by atomic mass is 16.5. The van der Waals surface area contributed by atoms with Crippen LogP contribution in [-0.4, -0.2) is 25.3 Å². The normalized spacial score (nSPS) is 10.3. The summed E-state index contributed by atoms with van der Waals surface area (Å²) in [6, 6.07) is 5.53. The lowest BCUT2D eigenvalue weighted by molar-refractivity contribution is 0.373. The van der Waals surface area contributed by atoms with Crippen molar-refractivity contribution in [2.75, 3.05) is 20.2 Å². The van der Waals surface area contributed by atoms with Crippen molar-refractivity contribution in [2.24, 2.45) is 0 Å². The summed E-state index contributed by atoms with van der Waals surface area (Å²) in [4.78, 5) is 0. The first kappa shape index (κ1) is 11.9. The van der Waals surface area contributed by atoms with Crippen LogP contribution in [-0.2, 0) is 6.42 Å². The Kier molecular flexibility index (Phi) is 4.98. The molecule has 0 radical (unpaired) electrons. The Balaban J connectivity index is 2.45. The van der Waals surface area contributed by atoms with Gasteiger partial charge in [-0.2, -0.15) is 0 Å². The quantitative estimate of drug-likeness (QED) is 0.703. The van der Waals surface area contributed by atoms with Crippen molar-refractivity contribution in [3.8, 4) is 11.5 Å². The zero-order valence-electron chi connectivity index (χ0n) is 9.42. The summed E-state index contributed by atoms with van der Waals surface area (Å²) < 4.78 is 4.98. The van der Waals surface area contributed by atoms with E-state index < -0.39 is 0 Å². The fourth-order valence-electron chi connectivity index (χ4n) is 1.43. The second-order valence-corrected chi connectivity index (χ2v) is 3.51. The van der Waals surface area contributed by atoms with E-state index in [9.17, 15) is 5.11 Å². The maximum absolute atomic E-state index is 9.55. The number of hydrogen-bond acceptors (Lipinski definition) is 3. The van der Waals surface area contributed by atoms with Crippen molar-refractivity contribution in [1.82, 2.24) is 5.32 Å². The van der Waals surface area contributed by atoms with Gasteiger partial charge >= 0.3 is 0 Å². The van der Waals surface area contributed by atoms with Crippen LogP contribution in [0.2, 0.25) is 0 Å². The van der Waals surface area contributed by atoms with Crippen molar-refractivity contribution in [2.45, 2.75) is 19.8 Å². The Morgan fingerprint density at radius 1 is 1.33 bits per heavy atom. The maximum Gasteiger partial charge on any atom is 0.160 e. The molecule has 0 aliphatic heterocycles. The number of methoxy groups -OCH3 is 1. The second-order valence-electron chi connectivity index (χ2n) is 3.51. The van der Waals surface area contributed by atoms with Gasteiger partial charge in [0.1, 0.15) is 0 Å². The Morgan fingerprint density at radius 3 is 2.73 bits per heavy atom. The lowest BCUT2D eigenvalue weighted by Gasteiger charge is -2.06. The van der Waals surface area contributed by atoms with Crippen LogP contribution in [0, 0.1) is 0 Å². The largest absolute Gasteiger partial charge is 0.504 e. The predicted molar refractivity (Wildman–Crippen MR) is 61.5 cm³/mol. The van der Waals surface area contributed by atoms with Crippen LogP contribution in [0.4, 0.5) is 0 Å². The lowest BCUT2D eigenvalue weighted by Crippen LogP contribution is -2.17. The monoisotopic (exact) mass is 209 g/mol. The van der Waals surface area contributed by atoms with E-state index in [1.54, 1.807) is 19.2 Å². The van der Waals surface area contributed by atoms with Gasteiger partial charge in [-0.15, -0.1) is 0 Å². The van der Waals surface area contributed by atoms with E-state index >= 15 is 0 Å². The molecule has 0 spiro atoms. The molecule has 0 fully saturated rings. The molecule has 0 atom stereocenters. The van der Waals surface area contributed by atoms with E-state index in [1.807, 2.05) is 6.07 Å². The molecule has 0 aromatic heterocycles. The molecule has 15 heavy (non-hydrogen) atoms. The molecule has 3 heteroatoms. The number of phenols is 1. The van der Waals surface area contributed by atoms with E-state index in [0.29, 0.717) is 5.75 Å². The van der Waals surface area contributed by atoms with Crippen molar-refractivity contribution in [3.63, 3.8) is 0 Å². The Morgan fingerprint density at radius 2 is 2.13 bits per heavy atom. The summed E-state index contributed by atoms with van der Waals surface area (Å²) in [6.07, 6.45) is 2.07. The van der Waals surface area contributed by atoms with Crippen LogP contribution in [0.5, 0.6) is 11.5 Å². The van der Waals surface area contributed by atoms with Gasteiger partial charge in [-0.3, -0.25) is 0 Å². The second kappa shape index (κ2) is 6.30. The number of aromatic hydroxyl groups is 1. The number of rotatable bonds is 6. The molecule has 2 N–H and O–H groups in total. The lowest BCUT2D eigenvalue weighted by atomic mass is 10.1. The standard InChI is InChI=1S/C12H19NO2/c1-3-7-13-8-6-10-4-5-12(15-2)11(14)9-10/h4-5,9,13-14H,3,6-8H2,1-2H3. The first-order valence-electron chi connectivity index (χ1n) is 5.34. The highest BCUT2D eigenvalue weighted by Crippen LogP contribution is 2.26. The van der Waals surface area contributed by atoms with Gasteiger partial charge in [0.2, 0.25) is 0 Å². The minimum Gasteiger partial charge on any atom is -0.504 e. The van der Waals surface area contributed by atoms with E-state index in [-0.39, 0.29) is 5.75 Å². The fourth-order valence-corrected chi connectivity index (χ4v) is 1.43. The van der Waals surface area contributed by atoms with Crippen LogP contribution in [0.25, 0.3) is 0 Å². The van der Waals surface area contributed by atoms with Gasteiger partial charge in [-0.25, -0.2) is 0 Å². The number of benzene rings is 1. The summed E-state index contributed by atoms with van der Waals surface area (Å²) in [5.41, 5.74) is 1.12. The van der Waals surface area contributed by atoms with E-state index in [2.05, 4.69) is 12.2 Å². The molecule has 0 aliphatic rings. The maximum atomic E-state index is 9.55. The van der Waals surface area contributed by atoms with Crippen molar-refractivity contribution < 1.29 is 9.84 Å². The third-order valence-corrected chi connectivity index (χ3v) is 2.26. The first-order valence-corrected chi connectivity index (χ1v) is 5.34. The minimum atomic E-state index is 0.213. The summed E-state index contributed by atoms with van der Waals surface area (Å²) in [6.45, 7) is 4.13. The average Bonchev–Trinajstić information content (AvgIpc) is 2.25. The van der Waals surface area contributed by atoms with Gasteiger partial charge < -0.3 is 15.2 Å². The predicted octanol–water partition coefficient (Wildman–Crippen LogP) is 1.94. The number of nitrogens with one attached hydrogen (secondary N) is 1. The molecule has 84 valence electrons. The first-order chi connectivity index (χ1) is 7.27. The van der Waals surface area contributed by atoms with Gasteiger partial charge in [0.05, 0.1) is 7.11 Å². The fraction of sp³-hybridized carbons (Fsp3) is 0.500. The zero-order chi connectivity index (χ0) is 11.1. The Labute approximate surface area is 91.1 Å². The molecule has 1 aromatic carbocycles. The van der Waals surface area contributed by atoms with Gasteiger partial charge in [-0.05, 0) is 43.6 Å². The Bertz CT molecular complexity index is 300. The van der Waals surface area contributed by atoms with Crippen LogP contribution in [0.3, 0.4) is 0 Å². The average molecular weight is 209 g/mol. The molecular weight excluding hydrogens is 190 g/mol. The van der Waals surface area contributed by atoms with Gasteiger partial charge in [0, 0.05) is 0 Å². The smallest absolute Gasteiger partial charge is 0.160 e. The molecule has 0 unspecified atom stereocenters. The van der Waals surface area contributed by atoms with Crippen LogP contribution < -0.4 is 10.1 Å². The van der Waals surface area contributed by atoms with Crippen molar-refractivity contribution >= 4 is 0 Å². The van der Waals surface area contributed by atoms with Crippen molar-refractivity contribution in [3.05, 3.63) is 23.8 Å². The van der Waals surface area contributed by atoms with Crippen LogP contribution in [0.1, 0.15) is 18.9 Å². The van der Waals surface area contributed by atoms with Gasteiger partial charge in [0.15, 0.2) is 11.5 Å². The van der Waals surface area contributed by atoms with Gasteiger partial charge in [-0.1, -0.05) is 13.0 Å². The molecule has 1 aromatic rings. The third kappa shape index (κ3) is 3.80. The Hall–Kier alpha value is -1.22. The SMILES string of the molecule is CCCNCCc1ccc(OC)c(O)c1. The topological polar surface area (TPSA) is 41.5 Å².